The second kappa shape index (κ2) is 16.5. The molecule has 12 heteroatoms. The first-order valence-electron chi connectivity index (χ1n) is 10.2. The number of carbonyl (C=O) groups is 4. The highest BCUT2D eigenvalue weighted by molar-refractivity contribution is 9.20. The van der Waals surface area contributed by atoms with Crippen molar-refractivity contribution >= 4 is 90.1 Å². The average molecular weight is 692 g/mol. The fourth-order valence-corrected chi connectivity index (χ4v) is 1.87. The molecule has 0 saturated carbocycles. The number of anilines is 2. The summed E-state index contributed by atoms with van der Waals surface area (Å²) in [6.45, 7) is 9.85. The second-order valence-corrected chi connectivity index (χ2v) is 12.7. The number of rotatable bonds is 5. The van der Waals surface area contributed by atoms with E-state index in [1.54, 1.807) is 64.1 Å². The summed E-state index contributed by atoms with van der Waals surface area (Å²) in [5.74, 6) is 0.00697. The third kappa shape index (κ3) is 17.3. The van der Waals surface area contributed by atoms with Crippen molar-refractivity contribution in [2.75, 3.05) is 10.6 Å². The molecular formula is C24H29BBr3N2O6. The van der Waals surface area contributed by atoms with Crippen LogP contribution in [0.2, 0.25) is 0 Å². The molecule has 0 spiro atoms. The van der Waals surface area contributed by atoms with Crippen LogP contribution in [0.3, 0.4) is 0 Å². The number of phenolic OH excluding ortho intramolecular Hbond substituents is 1. The lowest BCUT2D eigenvalue weighted by Crippen LogP contribution is -2.29. The number of ether oxygens (including phenoxy) is 1. The molecule has 0 saturated heterocycles. The van der Waals surface area contributed by atoms with E-state index < -0.39 is 8.65 Å². The topological polar surface area (TPSA) is 122 Å². The van der Waals surface area contributed by atoms with Crippen molar-refractivity contribution in [1.82, 2.24) is 0 Å². The Labute approximate surface area is 238 Å². The Morgan fingerprint density at radius 2 is 1.08 bits per heavy atom. The SMILES string of the molecule is CC(=O)Nc1ccc(O)cc1.CC(=O)Nc1ccc(OC(=O)C(C)(C)Br)cc1.CC(C)(Br)C(=O)Br.[B]. The Balaban J connectivity index is 0. The molecule has 3 N–H and O–H groups in total. The smallest absolute Gasteiger partial charge is 0.327 e. The van der Waals surface area contributed by atoms with E-state index in [0.29, 0.717) is 17.1 Å². The highest BCUT2D eigenvalue weighted by Crippen LogP contribution is 2.22. The minimum atomic E-state index is -0.719. The molecule has 0 aliphatic carbocycles. The molecule has 0 aromatic heterocycles. The maximum atomic E-state index is 11.6. The van der Waals surface area contributed by atoms with Gasteiger partial charge in [0.1, 0.15) is 15.8 Å². The molecule has 0 bridgehead atoms. The Morgan fingerprint density at radius 3 is 1.36 bits per heavy atom. The van der Waals surface area contributed by atoms with Crippen LogP contribution in [0.5, 0.6) is 11.5 Å². The zero-order valence-electron chi connectivity index (χ0n) is 20.8. The van der Waals surface area contributed by atoms with Gasteiger partial charge in [0.25, 0.3) is 0 Å². The van der Waals surface area contributed by atoms with Gasteiger partial charge in [-0.3, -0.25) is 19.2 Å². The fourth-order valence-electron chi connectivity index (χ4n) is 1.79. The van der Waals surface area contributed by atoms with Crippen LogP contribution in [-0.2, 0) is 19.2 Å². The summed E-state index contributed by atoms with van der Waals surface area (Å²) >= 11 is 9.17. The van der Waals surface area contributed by atoms with Gasteiger partial charge >= 0.3 is 5.97 Å². The summed E-state index contributed by atoms with van der Waals surface area (Å²) in [6, 6.07) is 12.9. The van der Waals surface area contributed by atoms with Crippen LogP contribution in [0.4, 0.5) is 11.4 Å². The van der Waals surface area contributed by atoms with E-state index in [4.69, 9.17) is 9.84 Å². The maximum Gasteiger partial charge on any atom is 0.327 e. The molecule has 2 rings (SSSR count). The first-order valence-corrected chi connectivity index (χ1v) is 12.5. The fraction of sp³-hybridized carbons (Fsp3) is 0.333. The van der Waals surface area contributed by atoms with E-state index in [9.17, 15) is 19.2 Å². The summed E-state index contributed by atoms with van der Waals surface area (Å²) in [6.07, 6.45) is 0. The number of hydrogen-bond donors (Lipinski definition) is 3. The highest BCUT2D eigenvalue weighted by Gasteiger charge is 2.26. The predicted molar refractivity (Wildman–Crippen MR) is 154 cm³/mol. The number of amides is 2. The molecule has 8 nitrogen and oxygen atoms in total. The Kier molecular flexibility index (Phi) is 16.5. The number of alkyl halides is 2. The van der Waals surface area contributed by atoms with E-state index in [2.05, 4.69) is 58.4 Å². The van der Waals surface area contributed by atoms with Gasteiger partial charge in [-0.25, -0.2) is 0 Å². The van der Waals surface area contributed by atoms with Gasteiger partial charge < -0.3 is 20.5 Å². The van der Waals surface area contributed by atoms with Crippen LogP contribution in [-0.4, -0.2) is 44.6 Å². The number of halogens is 3. The lowest BCUT2D eigenvalue weighted by atomic mass is 10.2. The summed E-state index contributed by atoms with van der Waals surface area (Å²) in [5, 5.41) is 14.1. The van der Waals surface area contributed by atoms with E-state index >= 15 is 0 Å². The van der Waals surface area contributed by atoms with Crippen LogP contribution in [0.15, 0.2) is 48.5 Å². The second-order valence-electron chi connectivity index (χ2n) is 8.04. The van der Waals surface area contributed by atoms with Crippen molar-refractivity contribution in [2.24, 2.45) is 0 Å². The summed E-state index contributed by atoms with van der Waals surface area (Å²) in [5.41, 5.74) is 1.35. The summed E-state index contributed by atoms with van der Waals surface area (Å²) < 4.78 is 3.98. The van der Waals surface area contributed by atoms with Crippen molar-refractivity contribution in [1.29, 1.82) is 0 Å². The predicted octanol–water partition coefficient (Wildman–Crippen LogP) is 5.78. The van der Waals surface area contributed by atoms with Crippen molar-refractivity contribution in [3.63, 3.8) is 0 Å². The monoisotopic (exact) mass is 689 g/mol. The van der Waals surface area contributed by atoms with E-state index in [1.165, 1.54) is 26.0 Å². The minimum absolute atomic E-state index is 0. The number of phenols is 1. The largest absolute Gasteiger partial charge is 0.508 e. The van der Waals surface area contributed by atoms with Gasteiger partial charge in [0, 0.05) is 33.6 Å². The van der Waals surface area contributed by atoms with Crippen molar-refractivity contribution < 1.29 is 29.0 Å². The molecule has 0 fully saturated rings. The van der Waals surface area contributed by atoms with E-state index in [-0.39, 0.29) is 36.6 Å². The third-order valence-corrected chi connectivity index (χ3v) is 5.73. The van der Waals surface area contributed by atoms with Gasteiger partial charge in [0.15, 0.2) is 0 Å². The first kappa shape index (κ1) is 36.0. The molecule has 0 aliphatic heterocycles. The van der Waals surface area contributed by atoms with Crippen LogP contribution in [0.1, 0.15) is 41.5 Å². The first-order chi connectivity index (χ1) is 15.9. The van der Waals surface area contributed by atoms with Crippen LogP contribution in [0.25, 0.3) is 0 Å². The van der Waals surface area contributed by atoms with Crippen LogP contribution >= 0.6 is 47.8 Å². The van der Waals surface area contributed by atoms with Gasteiger partial charge in [-0.1, -0.05) is 31.9 Å². The number of benzene rings is 2. The molecule has 2 aromatic carbocycles. The summed E-state index contributed by atoms with van der Waals surface area (Å²) in [7, 11) is 0. The Hall–Kier alpha value is -2.18. The number of carbonyl (C=O) groups excluding carboxylic acids is 4. The van der Waals surface area contributed by atoms with Gasteiger partial charge in [-0.2, -0.15) is 0 Å². The zero-order valence-corrected chi connectivity index (χ0v) is 25.6. The lowest BCUT2D eigenvalue weighted by molar-refractivity contribution is -0.136. The zero-order chi connectivity index (χ0) is 27.4. The van der Waals surface area contributed by atoms with Crippen molar-refractivity contribution in [3.05, 3.63) is 48.5 Å². The number of hydrogen-bond acceptors (Lipinski definition) is 6. The van der Waals surface area contributed by atoms with Gasteiger partial charge in [0.05, 0.1) is 4.32 Å². The molecular weight excluding hydrogens is 663 g/mol. The van der Waals surface area contributed by atoms with E-state index in [1.807, 2.05) is 0 Å². The van der Waals surface area contributed by atoms with Gasteiger partial charge in [0.2, 0.25) is 16.5 Å². The van der Waals surface area contributed by atoms with Crippen LogP contribution < -0.4 is 15.4 Å². The molecule has 2 aromatic rings. The highest BCUT2D eigenvalue weighted by atomic mass is 79.9. The molecule has 0 unspecified atom stereocenters. The third-order valence-electron chi connectivity index (χ3n) is 3.53. The molecule has 2 amide bonds. The number of esters is 1. The Bertz CT molecular complexity index is 1000. The van der Waals surface area contributed by atoms with Gasteiger partial charge in [-0.05, 0) is 92.2 Å². The molecule has 36 heavy (non-hydrogen) atoms. The van der Waals surface area contributed by atoms with Gasteiger partial charge in [-0.15, -0.1) is 0 Å². The number of aromatic hydroxyl groups is 1. The molecule has 195 valence electrons. The summed E-state index contributed by atoms with van der Waals surface area (Å²) in [4.78, 5) is 43.2. The Morgan fingerprint density at radius 1 is 0.750 bits per heavy atom. The molecule has 0 heterocycles. The molecule has 0 atom stereocenters. The van der Waals surface area contributed by atoms with Crippen LogP contribution in [0, 0.1) is 0 Å². The lowest BCUT2D eigenvalue weighted by Gasteiger charge is -2.14. The number of nitrogens with one attached hydrogen (secondary N) is 2. The minimum Gasteiger partial charge on any atom is -0.508 e. The molecule has 3 radical (unpaired) electrons. The normalized spacial score (nSPS) is 10.1. The van der Waals surface area contributed by atoms with Crippen molar-refractivity contribution in [2.45, 2.75) is 50.2 Å². The molecule has 0 aliphatic rings. The average Bonchev–Trinajstić information content (AvgIpc) is 2.70. The maximum absolute atomic E-state index is 11.6. The quantitative estimate of drug-likeness (QED) is 0.0914. The van der Waals surface area contributed by atoms with E-state index in [0.717, 1.165) is 0 Å². The standard InChI is InChI=1S/C12H14BrNO3.C8H9NO2.C4H6Br2O.B/c1-8(15)14-9-4-6-10(7-5-9)17-11(16)12(2,3)13;1-6(10)9-7-2-4-8(11)5-3-7;1-4(2,6)3(5)7;/h4-7H,1-3H3,(H,14,15);2-5,11H,1H3,(H,9,10);1-2H3;. The van der Waals surface area contributed by atoms with Crippen molar-refractivity contribution in [3.8, 4) is 11.5 Å².